The highest BCUT2D eigenvalue weighted by Gasteiger charge is 2.21. The van der Waals surface area contributed by atoms with Gasteiger partial charge < -0.3 is 9.32 Å². The SMILES string of the molecule is O=C(CSc1nc2ccccc2o1)N1CCN(CC=Cc2ccccc2)CC1. The van der Waals surface area contributed by atoms with Crippen molar-refractivity contribution in [3.05, 3.63) is 66.2 Å². The molecule has 5 nitrogen and oxygen atoms in total. The highest BCUT2D eigenvalue weighted by atomic mass is 32.2. The van der Waals surface area contributed by atoms with Crippen molar-refractivity contribution in [2.75, 3.05) is 38.5 Å². The van der Waals surface area contributed by atoms with Gasteiger partial charge in [-0.15, -0.1) is 0 Å². The Hall–Kier alpha value is -2.57. The van der Waals surface area contributed by atoms with Gasteiger partial charge in [0.1, 0.15) is 5.52 Å². The Morgan fingerprint density at radius 3 is 2.57 bits per heavy atom. The lowest BCUT2D eigenvalue weighted by molar-refractivity contribution is -0.130. The number of rotatable bonds is 6. The first-order chi connectivity index (χ1) is 13.8. The van der Waals surface area contributed by atoms with Gasteiger partial charge in [-0.05, 0) is 17.7 Å². The van der Waals surface area contributed by atoms with Crippen LogP contribution in [0, 0.1) is 0 Å². The summed E-state index contributed by atoms with van der Waals surface area (Å²) in [7, 11) is 0. The summed E-state index contributed by atoms with van der Waals surface area (Å²) in [5.74, 6) is 0.507. The van der Waals surface area contributed by atoms with Gasteiger partial charge in [-0.1, -0.05) is 66.4 Å². The number of hydrogen-bond donors (Lipinski definition) is 0. The van der Waals surface area contributed by atoms with E-state index in [1.54, 1.807) is 0 Å². The van der Waals surface area contributed by atoms with E-state index >= 15 is 0 Å². The first-order valence-electron chi connectivity index (χ1n) is 9.48. The van der Waals surface area contributed by atoms with Gasteiger partial charge in [-0.25, -0.2) is 4.98 Å². The number of oxazole rings is 1. The largest absolute Gasteiger partial charge is 0.431 e. The predicted octanol–water partition coefficient (Wildman–Crippen LogP) is 3.78. The Morgan fingerprint density at radius 1 is 1.04 bits per heavy atom. The topological polar surface area (TPSA) is 49.6 Å². The number of carbonyl (C=O) groups excluding carboxylic acids is 1. The Labute approximate surface area is 169 Å². The molecule has 2 heterocycles. The molecule has 0 saturated carbocycles. The minimum absolute atomic E-state index is 0.145. The highest BCUT2D eigenvalue weighted by molar-refractivity contribution is 7.99. The molecule has 3 aromatic rings. The van der Waals surface area contributed by atoms with Gasteiger partial charge in [0.15, 0.2) is 5.58 Å². The molecule has 0 N–H and O–H groups in total. The Morgan fingerprint density at radius 2 is 1.79 bits per heavy atom. The third kappa shape index (κ3) is 4.82. The molecule has 2 aromatic carbocycles. The zero-order valence-electron chi connectivity index (χ0n) is 15.7. The average Bonchev–Trinajstić information content (AvgIpc) is 3.16. The van der Waals surface area contributed by atoms with Crippen LogP contribution in [-0.2, 0) is 4.79 Å². The molecule has 0 aliphatic carbocycles. The van der Waals surface area contributed by atoms with Gasteiger partial charge in [-0.2, -0.15) is 0 Å². The third-order valence-corrected chi connectivity index (χ3v) is 5.60. The van der Waals surface area contributed by atoms with Crippen LogP contribution in [0.25, 0.3) is 17.2 Å². The fraction of sp³-hybridized carbons (Fsp3) is 0.273. The molecule has 1 aliphatic heterocycles. The number of carbonyl (C=O) groups is 1. The summed E-state index contributed by atoms with van der Waals surface area (Å²) in [6, 6.07) is 18.0. The number of amides is 1. The Balaban J connectivity index is 1.21. The van der Waals surface area contributed by atoms with E-state index in [-0.39, 0.29) is 5.91 Å². The molecule has 1 amide bonds. The van der Waals surface area contributed by atoms with Crippen LogP contribution in [-0.4, -0.2) is 59.2 Å². The second kappa shape index (κ2) is 9.08. The quantitative estimate of drug-likeness (QED) is 0.597. The first kappa shape index (κ1) is 18.8. The van der Waals surface area contributed by atoms with E-state index < -0.39 is 0 Å². The molecule has 4 rings (SSSR count). The van der Waals surface area contributed by atoms with Gasteiger partial charge in [0.05, 0.1) is 5.75 Å². The molecule has 1 saturated heterocycles. The smallest absolute Gasteiger partial charge is 0.257 e. The van der Waals surface area contributed by atoms with Crippen LogP contribution in [0.1, 0.15) is 5.56 Å². The van der Waals surface area contributed by atoms with E-state index in [2.05, 4.69) is 34.2 Å². The average molecular weight is 394 g/mol. The van der Waals surface area contributed by atoms with Gasteiger partial charge >= 0.3 is 0 Å². The van der Waals surface area contributed by atoms with Gasteiger partial charge in [0.25, 0.3) is 5.22 Å². The molecule has 1 aromatic heterocycles. The number of benzene rings is 2. The third-order valence-electron chi connectivity index (χ3n) is 4.79. The lowest BCUT2D eigenvalue weighted by Crippen LogP contribution is -2.49. The first-order valence-corrected chi connectivity index (χ1v) is 10.5. The van der Waals surface area contributed by atoms with E-state index in [0.717, 1.165) is 43.8 Å². The molecule has 144 valence electrons. The van der Waals surface area contributed by atoms with Crippen molar-refractivity contribution >= 4 is 34.8 Å². The maximum absolute atomic E-state index is 12.5. The highest BCUT2D eigenvalue weighted by Crippen LogP contribution is 2.23. The maximum Gasteiger partial charge on any atom is 0.257 e. The second-order valence-corrected chi connectivity index (χ2v) is 7.66. The fourth-order valence-electron chi connectivity index (χ4n) is 3.21. The summed E-state index contributed by atoms with van der Waals surface area (Å²) < 4.78 is 5.67. The van der Waals surface area contributed by atoms with Crippen LogP contribution < -0.4 is 0 Å². The number of hydrogen-bond acceptors (Lipinski definition) is 5. The zero-order chi connectivity index (χ0) is 19.2. The van der Waals surface area contributed by atoms with Crippen molar-refractivity contribution in [2.24, 2.45) is 0 Å². The van der Waals surface area contributed by atoms with Crippen LogP contribution in [0.2, 0.25) is 0 Å². The number of thioether (sulfide) groups is 1. The molecular weight excluding hydrogens is 370 g/mol. The van der Waals surface area contributed by atoms with Crippen LogP contribution >= 0.6 is 11.8 Å². The molecule has 0 bridgehead atoms. The van der Waals surface area contributed by atoms with Crippen molar-refractivity contribution in [2.45, 2.75) is 5.22 Å². The number of piperazine rings is 1. The summed E-state index contributed by atoms with van der Waals surface area (Å²) in [6.07, 6.45) is 4.34. The summed E-state index contributed by atoms with van der Waals surface area (Å²) in [5, 5.41) is 0.555. The van der Waals surface area contributed by atoms with E-state index in [4.69, 9.17) is 4.42 Å². The van der Waals surface area contributed by atoms with E-state index in [0.29, 0.717) is 11.0 Å². The monoisotopic (exact) mass is 393 g/mol. The number of aromatic nitrogens is 1. The molecular formula is C22H23N3O2S. The van der Waals surface area contributed by atoms with Crippen LogP contribution in [0.3, 0.4) is 0 Å². The molecule has 1 fully saturated rings. The number of fused-ring (bicyclic) bond motifs is 1. The zero-order valence-corrected chi connectivity index (χ0v) is 16.5. The fourth-order valence-corrected chi connectivity index (χ4v) is 3.95. The summed E-state index contributed by atoms with van der Waals surface area (Å²) in [6.45, 7) is 4.25. The minimum Gasteiger partial charge on any atom is -0.431 e. The molecule has 6 heteroatoms. The van der Waals surface area contributed by atoms with Crippen molar-refractivity contribution in [1.82, 2.24) is 14.8 Å². The van der Waals surface area contributed by atoms with E-state index in [1.165, 1.54) is 17.3 Å². The molecule has 0 unspecified atom stereocenters. The van der Waals surface area contributed by atoms with Crippen LogP contribution in [0.15, 0.2) is 70.3 Å². The minimum atomic E-state index is 0.145. The number of nitrogens with zero attached hydrogens (tertiary/aromatic N) is 3. The van der Waals surface area contributed by atoms with Crippen LogP contribution in [0.5, 0.6) is 0 Å². The molecule has 28 heavy (non-hydrogen) atoms. The summed E-state index contributed by atoms with van der Waals surface area (Å²) in [4.78, 5) is 21.2. The van der Waals surface area contributed by atoms with Crippen molar-refractivity contribution in [3.63, 3.8) is 0 Å². The number of para-hydroxylation sites is 2. The predicted molar refractivity (Wildman–Crippen MR) is 113 cm³/mol. The standard InChI is InChI=1S/C22H23N3O2S/c26-21(17-28-22-23-19-10-4-5-11-20(19)27-22)25-15-13-24(14-16-25)12-6-9-18-7-2-1-3-8-18/h1-11H,12-17H2. The lowest BCUT2D eigenvalue weighted by Gasteiger charge is -2.34. The normalized spacial score (nSPS) is 15.5. The van der Waals surface area contributed by atoms with Crippen molar-refractivity contribution in [3.8, 4) is 0 Å². The van der Waals surface area contributed by atoms with Crippen molar-refractivity contribution in [1.29, 1.82) is 0 Å². The molecule has 0 spiro atoms. The molecule has 0 atom stereocenters. The Kier molecular flexibility index (Phi) is 6.09. The van der Waals surface area contributed by atoms with Crippen molar-refractivity contribution < 1.29 is 9.21 Å². The lowest BCUT2D eigenvalue weighted by atomic mass is 10.2. The summed E-state index contributed by atoms with van der Waals surface area (Å²) >= 11 is 1.37. The van der Waals surface area contributed by atoms with Gasteiger partial charge in [0.2, 0.25) is 5.91 Å². The van der Waals surface area contributed by atoms with Crippen LogP contribution in [0.4, 0.5) is 0 Å². The second-order valence-electron chi connectivity index (χ2n) is 6.73. The molecule has 1 aliphatic rings. The van der Waals surface area contributed by atoms with Gasteiger partial charge in [-0.3, -0.25) is 9.69 Å². The van der Waals surface area contributed by atoms with Gasteiger partial charge in [0, 0.05) is 32.7 Å². The maximum atomic E-state index is 12.5. The Bertz CT molecular complexity index is 914. The van der Waals surface area contributed by atoms with E-state index in [1.807, 2.05) is 47.4 Å². The summed E-state index contributed by atoms with van der Waals surface area (Å²) in [5.41, 5.74) is 2.80. The molecule has 0 radical (unpaired) electrons. The van der Waals surface area contributed by atoms with E-state index in [9.17, 15) is 4.79 Å².